The van der Waals surface area contributed by atoms with E-state index in [0.717, 1.165) is 5.56 Å². The van der Waals surface area contributed by atoms with E-state index in [1.807, 2.05) is 0 Å². The molecule has 2 heterocycles. The van der Waals surface area contributed by atoms with E-state index < -0.39 is 11.8 Å². The van der Waals surface area contributed by atoms with E-state index in [0.29, 0.717) is 35.7 Å². The monoisotopic (exact) mass is 332 g/mol. The SMILES string of the molecule is COC(=O)c1cc2c(cc1F)-c1cc(C3COC3)c(F)cc1CO2. The maximum atomic E-state index is 14.3. The molecule has 1 saturated heterocycles. The van der Waals surface area contributed by atoms with Gasteiger partial charge in [-0.1, -0.05) is 0 Å². The number of fused-ring (bicyclic) bond motifs is 3. The molecule has 0 bridgehead atoms. The highest BCUT2D eigenvalue weighted by Gasteiger charge is 2.28. The highest BCUT2D eigenvalue weighted by atomic mass is 19.1. The lowest BCUT2D eigenvalue weighted by atomic mass is 9.89. The third kappa shape index (κ3) is 2.26. The lowest BCUT2D eigenvalue weighted by Gasteiger charge is -2.29. The van der Waals surface area contributed by atoms with Crippen LogP contribution < -0.4 is 4.74 Å². The summed E-state index contributed by atoms with van der Waals surface area (Å²) in [6.07, 6.45) is 0. The number of hydrogen-bond donors (Lipinski definition) is 0. The van der Waals surface area contributed by atoms with E-state index in [4.69, 9.17) is 9.47 Å². The highest BCUT2D eigenvalue weighted by Crippen LogP contribution is 2.41. The third-order valence-corrected chi connectivity index (χ3v) is 4.45. The molecule has 24 heavy (non-hydrogen) atoms. The molecular formula is C18H14F2O4. The minimum absolute atomic E-state index is 0.0146. The summed E-state index contributed by atoms with van der Waals surface area (Å²) in [5, 5.41) is 0. The molecule has 4 nitrogen and oxygen atoms in total. The standard InChI is InChI=1S/C18H14F2O4/c1-22-18(21)14-5-17-13(4-16(14)20)11-3-12(10-6-23-7-10)15(19)2-9(11)8-24-17/h2-5,10H,6-8H2,1H3. The molecule has 2 aliphatic rings. The zero-order valence-corrected chi connectivity index (χ0v) is 12.9. The molecule has 0 atom stereocenters. The van der Waals surface area contributed by atoms with Crippen LogP contribution in [0.5, 0.6) is 5.75 Å². The number of carbonyl (C=O) groups is 1. The van der Waals surface area contributed by atoms with Gasteiger partial charge in [0.25, 0.3) is 0 Å². The number of esters is 1. The minimum atomic E-state index is -0.767. The molecule has 0 aliphatic carbocycles. The fourth-order valence-corrected chi connectivity index (χ4v) is 3.03. The Bertz CT molecular complexity index is 843. The van der Waals surface area contributed by atoms with Gasteiger partial charge >= 0.3 is 5.97 Å². The van der Waals surface area contributed by atoms with Gasteiger partial charge in [0.2, 0.25) is 0 Å². The van der Waals surface area contributed by atoms with E-state index in [-0.39, 0.29) is 23.9 Å². The largest absolute Gasteiger partial charge is 0.488 e. The quantitative estimate of drug-likeness (QED) is 0.791. The second-order valence-electron chi connectivity index (χ2n) is 5.87. The number of methoxy groups -OCH3 is 1. The smallest absolute Gasteiger partial charge is 0.340 e. The van der Waals surface area contributed by atoms with Gasteiger partial charge in [-0.05, 0) is 35.4 Å². The molecule has 0 amide bonds. The minimum Gasteiger partial charge on any atom is -0.488 e. The zero-order chi connectivity index (χ0) is 16.8. The van der Waals surface area contributed by atoms with Crippen molar-refractivity contribution >= 4 is 5.97 Å². The predicted molar refractivity (Wildman–Crippen MR) is 81.0 cm³/mol. The maximum Gasteiger partial charge on any atom is 0.340 e. The summed E-state index contributed by atoms with van der Waals surface area (Å²) in [6.45, 7) is 1.12. The van der Waals surface area contributed by atoms with Gasteiger partial charge in [-0.15, -0.1) is 0 Å². The molecule has 0 saturated carbocycles. The van der Waals surface area contributed by atoms with Crippen molar-refractivity contribution < 1.29 is 27.8 Å². The summed E-state index contributed by atoms with van der Waals surface area (Å²) < 4.78 is 43.8. The van der Waals surface area contributed by atoms with Crippen LogP contribution in [-0.4, -0.2) is 26.3 Å². The van der Waals surface area contributed by atoms with Crippen LogP contribution in [-0.2, 0) is 16.1 Å². The molecule has 0 radical (unpaired) electrons. The second kappa shape index (κ2) is 5.56. The summed E-state index contributed by atoms with van der Waals surface area (Å²) in [7, 11) is 1.19. The summed E-state index contributed by atoms with van der Waals surface area (Å²) in [6, 6.07) is 5.72. The van der Waals surface area contributed by atoms with Crippen LogP contribution in [0, 0.1) is 11.6 Å². The Hall–Kier alpha value is -2.47. The molecule has 1 fully saturated rings. The molecule has 0 unspecified atom stereocenters. The van der Waals surface area contributed by atoms with E-state index in [9.17, 15) is 13.6 Å². The Kier molecular flexibility index (Phi) is 3.49. The van der Waals surface area contributed by atoms with Crippen molar-refractivity contribution in [2.24, 2.45) is 0 Å². The van der Waals surface area contributed by atoms with Crippen LogP contribution in [0.2, 0.25) is 0 Å². The van der Waals surface area contributed by atoms with E-state index in [1.54, 1.807) is 6.07 Å². The first-order chi connectivity index (χ1) is 11.6. The summed E-state index contributed by atoms with van der Waals surface area (Å²) >= 11 is 0. The van der Waals surface area contributed by atoms with Crippen LogP contribution in [0.1, 0.15) is 27.4 Å². The zero-order valence-electron chi connectivity index (χ0n) is 12.9. The van der Waals surface area contributed by atoms with Crippen molar-refractivity contribution in [3.05, 3.63) is 52.6 Å². The van der Waals surface area contributed by atoms with Crippen LogP contribution in [0.4, 0.5) is 8.78 Å². The third-order valence-electron chi connectivity index (χ3n) is 4.45. The van der Waals surface area contributed by atoms with Crippen LogP contribution >= 0.6 is 0 Å². The van der Waals surface area contributed by atoms with Crippen LogP contribution in [0.15, 0.2) is 24.3 Å². The topological polar surface area (TPSA) is 44.8 Å². The van der Waals surface area contributed by atoms with Crippen molar-refractivity contribution in [1.82, 2.24) is 0 Å². The first kappa shape index (κ1) is 15.1. The van der Waals surface area contributed by atoms with Crippen molar-refractivity contribution in [3.8, 4) is 16.9 Å². The lowest BCUT2D eigenvalue weighted by Crippen LogP contribution is -2.26. The molecule has 2 aromatic rings. The molecule has 2 aliphatic heterocycles. The fourth-order valence-electron chi connectivity index (χ4n) is 3.03. The Labute approximate surface area is 136 Å². The Morgan fingerprint density at radius 3 is 2.58 bits per heavy atom. The molecule has 124 valence electrons. The molecule has 0 N–H and O–H groups in total. The van der Waals surface area contributed by atoms with Gasteiger partial charge in [-0.25, -0.2) is 13.6 Å². The van der Waals surface area contributed by atoms with Gasteiger partial charge in [0.05, 0.1) is 25.9 Å². The van der Waals surface area contributed by atoms with Gasteiger partial charge < -0.3 is 14.2 Å². The van der Waals surface area contributed by atoms with Gasteiger partial charge in [0.1, 0.15) is 24.0 Å². The van der Waals surface area contributed by atoms with E-state index >= 15 is 0 Å². The van der Waals surface area contributed by atoms with Gasteiger partial charge in [-0.3, -0.25) is 0 Å². The summed E-state index contributed by atoms with van der Waals surface area (Å²) in [4.78, 5) is 11.6. The Morgan fingerprint density at radius 1 is 1.12 bits per heavy atom. The Morgan fingerprint density at radius 2 is 1.92 bits per heavy atom. The van der Waals surface area contributed by atoms with Gasteiger partial charge in [0.15, 0.2) is 0 Å². The van der Waals surface area contributed by atoms with Crippen LogP contribution in [0.3, 0.4) is 0 Å². The van der Waals surface area contributed by atoms with Gasteiger partial charge in [0, 0.05) is 17.0 Å². The summed E-state index contributed by atoms with van der Waals surface area (Å²) in [5.41, 5.74) is 2.24. The molecule has 4 rings (SSSR count). The molecular weight excluding hydrogens is 318 g/mol. The van der Waals surface area contributed by atoms with E-state index in [1.165, 1.54) is 25.3 Å². The lowest BCUT2D eigenvalue weighted by molar-refractivity contribution is 0.00703. The molecule has 6 heteroatoms. The first-order valence-corrected chi connectivity index (χ1v) is 7.53. The molecule has 0 spiro atoms. The second-order valence-corrected chi connectivity index (χ2v) is 5.87. The number of benzene rings is 2. The Balaban J connectivity index is 1.85. The summed E-state index contributed by atoms with van der Waals surface area (Å²) in [5.74, 6) is -1.38. The van der Waals surface area contributed by atoms with Crippen molar-refractivity contribution in [2.75, 3.05) is 20.3 Å². The number of carbonyl (C=O) groups excluding carboxylic acids is 1. The normalized spacial score (nSPS) is 15.8. The maximum absolute atomic E-state index is 14.3. The molecule has 0 aromatic heterocycles. The molecule has 2 aromatic carbocycles. The average Bonchev–Trinajstić information content (AvgIpc) is 2.53. The van der Waals surface area contributed by atoms with Crippen LogP contribution in [0.25, 0.3) is 11.1 Å². The number of ether oxygens (including phenoxy) is 3. The average molecular weight is 332 g/mol. The fraction of sp³-hybridized carbons (Fsp3) is 0.278. The highest BCUT2D eigenvalue weighted by molar-refractivity contribution is 5.92. The predicted octanol–water partition coefficient (Wildman–Crippen LogP) is 3.42. The van der Waals surface area contributed by atoms with E-state index in [2.05, 4.69) is 4.74 Å². The van der Waals surface area contributed by atoms with Gasteiger partial charge in [-0.2, -0.15) is 0 Å². The van der Waals surface area contributed by atoms with Crippen molar-refractivity contribution in [1.29, 1.82) is 0 Å². The van der Waals surface area contributed by atoms with Crippen molar-refractivity contribution in [3.63, 3.8) is 0 Å². The number of hydrogen-bond acceptors (Lipinski definition) is 4. The number of halogens is 2. The number of rotatable bonds is 2. The van der Waals surface area contributed by atoms with Crippen molar-refractivity contribution in [2.45, 2.75) is 12.5 Å². The first-order valence-electron chi connectivity index (χ1n) is 7.53.